The standard InChI is InChI=1S/C14H21N3O/c1-16-14(18)13-6-3-7-17(13)10-12-5-2-4-11(8-12)9-15/h2,4-5,8,13H,3,6-7,9-10,15H2,1H3,(H,16,18). The maximum absolute atomic E-state index is 11.8. The Bertz CT molecular complexity index is 419. The van der Waals surface area contributed by atoms with Crippen LogP contribution in [-0.2, 0) is 17.9 Å². The number of likely N-dealkylation sites (tertiary alicyclic amines) is 1. The van der Waals surface area contributed by atoms with E-state index in [1.807, 2.05) is 12.1 Å². The van der Waals surface area contributed by atoms with Crippen molar-refractivity contribution in [1.29, 1.82) is 0 Å². The Morgan fingerprint density at radius 1 is 1.50 bits per heavy atom. The SMILES string of the molecule is CNC(=O)C1CCCN1Cc1cccc(CN)c1. The number of carbonyl (C=O) groups is 1. The lowest BCUT2D eigenvalue weighted by molar-refractivity contribution is -0.125. The number of hydrogen-bond donors (Lipinski definition) is 2. The van der Waals surface area contributed by atoms with E-state index in [-0.39, 0.29) is 11.9 Å². The summed E-state index contributed by atoms with van der Waals surface area (Å²) in [6.45, 7) is 2.38. The molecule has 0 radical (unpaired) electrons. The van der Waals surface area contributed by atoms with Crippen molar-refractivity contribution in [1.82, 2.24) is 10.2 Å². The summed E-state index contributed by atoms with van der Waals surface area (Å²) in [6, 6.07) is 8.31. The summed E-state index contributed by atoms with van der Waals surface area (Å²) in [7, 11) is 1.70. The molecule has 4 heteroatoms. The Kier molecular flexibility index (Phi) is 4.33. The third-order valence-corrected chi connectivity index (χ3v) is 3.53. The van der Waals surface area contributed by atoms with E-state index in [4.69, 9.17) is 5.73 Å². The predicted octanol–water partition coefficient (Wildman–Crippen LogP) is 0.856. The van der Waals surface area contributed by atoms with Gasteiger partial charge >= 0.3 is 0 Å². The van der Waals surface area contributed by atoms with Crippen molar-refractivity contribution < 1.29 is 4.79 Å². The van der Waals surface area contributed by atoms with E-state index in [0.717, 1.165) is 31.5 Å². The van der Waals surface area contributed by atoms with Gasteiger partial charge in [-0.15, -0.1) is 0 Å². The molecule has 98 valence electrons. The van der Waals surface area contributed by atoms with Crippen molar-refractivity contribution in [3.63, 3.8) is 0 Å². The highest BCUT2D eigenvalue weighted by molar-refractivity contribution is 5.81. The zero-order valence-electron chi connectivity index (χ0n) is 10.9. The molecule has 1 atom stereocenters. The molecule has 1 aliphatic rings. The monoisotopic (exact) mass is 247 g/mol. The van der Waals surface area contributed by atoms with E-state index < -0.39 is 0 Å². The van der Waals surface area contributed by atoms with E-state index in [1.165, 1.54) is 5.56 Å². The summed E-state index contributed by atoms with van der Waals surface area (Å²) in [4.78, 5) is 14.0. The lowest BCUT2D eigenvalue weighted by Gasteiger charge is -2.23. The molecular formula is C14H21N3O. The average molecular weight is 247 g/mol. The van der Waals surface area contributed by atoms with Gasteiger partial charge in [0.05, 0.1) is 6.04 Å². The number of rotatable bonds is 4. The van der Waals surface area contributed by atoms with Gasteiger partial charge in [-0.1, -0.05) is 24.3 Å². The van der Waals surface area contributed by atoms with Crippen LogP contribution in [0.1, 0.15) is 24.0 Å². The fourth-order valence-electron chi connectivity index (χ4n) is 2.57. The summed E-state index contributed by atoms with van der Waals surface area (Å²) in [5, 5.41) is 2.74. The van der Waals surface area contributed by atoms with Crippen LogP contribution in [0.15, 0.2) is 24.3 Å². The molecule has 1 aliphatic heterocycles. The molecule has 1 heterocycles. The summed E-state index contributed by atoms with van der Waals surface area (Å²) in [6.07, 6.45) is 2.05. The van der Waals surface area contributed by atoms with Crippen LogP contribution in [0.4, 0.5) is 0 Å². The largest absolute Gasteiger partial charge is 0.358 e. The van der Waals surface area contributed by atoms with Gasteiger partial charge in [0.25, 0.3) is 0 Å². The number of amides is 1. The fraction of sp³-hybridized carbons (Fsp3) is 0.500. The molecule has 0 saturated carbocycles. The molecule has 1 aromatic carbocycles. The second-order valence-corrected chi connectivity index (χ2v) is 4.77. The Morgan fingerprint density at radius 2 is 2.28 bits per heavy atom. The highest BCUT2D eigenvalue weighted by Gasteiger charge is 2.29. The molecular weight excluding hydrogens is 226 g/mol. The first-order valence-corrected chi connectivity index (χ1v) is 6.48. The van der Waals surface area contributed by atoms with Crippen LogP contribution in [-0.4, -0.2) is 30.4 Å². The van der Waals surface area contributed by atoms with Crippen LogP contribution in [0.2, 0.25) is 0 Å². The van der Waals surface area contributed by atoms with E-state index in [0.29, 0.717) is 6.54 Å². The Balaban J connectivity index is 2.05. The molecule has 1 fully saturated rings. The van der Waals surface area contributed by atoms with Crippen LogP contribution >= 0.6 is 0 Å². The molecule has 1 unspecified atom stereocenters. The normalized spacial score (nSPS) is 20.0. The van der Waals surface area contributed by atoms with Gasteiger partial charge in [0, 0.05) is 20.1 Å². The molecule has 1 amide bonds. The first-order valence-electron chi connectivity index (χ1n) is 6.48. The number of nitrogens with two attached hydrogens (primary N) is 1. The highest BCUT2D eigenvalue weighted by Crippen LogP contribution is 2.20. The first-order chi connectivity index (χ1) is 8.74. The lowest BCUT2D eigenvalue weighted by Crippen LogP contribution is -2.41. The van der Waals surface area contributed by atoms with Crippen molar-refractivity contribution in [3.05, 3.63) is 35.4 Å². The molecule has 0 aromatic heterocycles. The molecule has 1 saturated heterocycles. The fourth-order valence-corrected chi connectivity index (χ4v) is 2.57. The number of benzene rings is 1. The molecule has 0 spiro atoms. The van der Waals surface area contributed by atoms with Crippen LogP contribution in [0.3, 0.4) is 0 Å². The van der Waals surface area contributed by atoms with Gasteiger partial charge in [0.2, 0.25) is 5.91 Å². The van der Waals surface area contributed by atoms with Gasteiger partial charge in [-0.25, -0.2) is 0 Å². The Morgan fingerprint density at radius 3 is 3.00 bits per heavy atom. The minimum Gasteiger partial charge on any atom is -0.358 e. The van der Waals surface area contributed by atoms with Gasteiger partial charge in [-0.2, -0.15) is 0 Å². The Labute approximate surface area is 108 Å². The van der Waals surface area contributed by atoms with E-state index in [2.05, 4.69) is 22.3 Å². The van der Waals surface area contributed by atoms with Gasteiger partial charge in [0.15, 0.2) is 0 Å². The Hall–Kier alpha value is -1.39. The van der Waals surface area contributed by atoms with Crippen LogP contribution in [0.5, 0.6) is 0 Å². The smallest absolute Gasteiger partial charge is 0.237 e. The topological polar surface area (TPSA) is 58.4 Å². The molecule has 18 heavy (non-hydrogen) atoms. The summed E-state index contributed by atoms with van der Waals surface area (Å²) < 4.78 is 0. The third kappa shape index (κ3) is 2.89. The zero-order chi connectivity index (χ0) is 13.0. The second-order valence-electron chi connectivity index (χ2n) is 4.77. The maximum atomic E-state index is 11.8. The van der Waals surface area contributed by atoms with Crippen molar-refractivity contribution in [3.8, 4) is 0 Å². The van der Waals surface area contributed by atoms with Gasteiger partial charge in [-0.3, -0.25) is 9.69 Å². The van der Waals surface area contributed by atoms with Crippen LogP contribution < -0.4 is 11.1 Å². The maximum Gasteiger partial charge on any atom is 0.237 e. The molecule has 0 aliphatic carbocycles. The lowest BCUT2D eigenvalue weighted by atomic mass is 10.1. The number of carbonyl (C=O) groups excluding carboxylic acids is 1. The number of likely N-dealkylation sites (N-methyl/N-ethyl adjacent to an activating group) is 1. The third-order valence-electron chi connectivity index (χ3n) is 3.53. The molecule has 4 nitrogen and oxygen atoms in total. The molecule has 0 bridgehead atoms. The number of nitrogens with zero attached hydrogens (tertiary/aromatic N) is 1. The molecule has 3 N–H and O–H groups in total. The number of hydrogen-bond acceptors (Lipinski definition) is 3. The minimum absolute atomic E-state index is 0.0246. The zero-order valence-corrected chi connectivity index (χ0v) is 10.9. The highest BCUT2D eigenvalue weighted by atomic mass is 16.2. The average Bonchev–Trinajstić information content (AvgIpc) is 2.86. The van der Waals surface area contributed by atoms with Crippen molar-refractivity contribution in [2.75, 3.05) is 13.6 Å². The van der Waals surface area contributed by atoms with E-state index in [9.17, 15) is 4.79 Å². The molecule has 2 rings (SSSR count). The minimum atomic E-state index is 0.0246. The van der Waals surface area contributed by atoms with Crippen LogP contribution in [0, 0.1) is 0 Å². The number of nitrogens with one attached hydrogen (secondary N) is 1. The van der Waals surface area contributed by atoms with Gasteiger partial charge in [-0.05, 0) is 30.5 Å². The second kappa shape index (κ2) is 5.98. The predicted molar refractivity (Wildman–Crippen MR) is 71.8 cm³/mol. The first kappa shape index (κ1) is 13.1. The van der Waals surface area contributed by atoms with Gasteiger partial charge in [0.1, 0.15) is 0 Å². The quantitative estimate of drug-likeness (QED) is 0.829. The molecule has 1 aromatic rings. The summed E-state index contributed by atoms with van der Waals surface area (Å²) >= 11 is 0. The van der Waals surface area contributed by atoms with Crippen molar-refractivity contribution >= 4 is 5.91 Å². The van der Waals surface area contributed by atoms with Gasteiger partial charge < -0.3 is 11.1 Å². The van der Waals surface area contributed by atoms with Crippen LogP contribution in [0.25, 0.3) is 0 Å². The van der Waals surface area contributed by atoms with E-state index >= 15 is 0 Å². The van der Waals surface area contributed by atoms with E-state index in [1.54, 1.807) is 7.05 Å². The summed E-state index contributed by atoms with van der Waals surface area (Å²) in [5.74, 6) is 0.127. The van der Waals surface area contributed by atoms with Crippen molar-refractivity contribution in [2.45, 2.75) is 32.0 Å². The summed E-state index contributed by atoms with van der Waals surface area (Å²) in [5.41, 5.74) is 8.02. The van der Waals surface area contributed by atoms with Crippen molar-refractivity contribution in [2.24, 2.45) is 5.73 Å².